The smallest absolute Gasteiger partial charge is 0.234 e. The first-order valence-electron chi connectivity index (χ1n) is 6.64. The summed E-state index contributed by atoms with van der Waals surface area (Å²) in [6.45, 7) is 2.56. The van der Waals surface area contributed by atoms with Crippen LogP contribution in [0.15, 0.2) is 12.4 Å². The lowest BCUT2D eigenvalue weighted by Gasteiger charge is -2.34. The van der Waals surface area contributed by atoms with Gasteiger partial charge < -0.3 is 15.4 Å². The van der Waals surface area contributed by atoms with Crippen LogP contribution in [-0.2, 0) is 0 Å². The molecule has 0 aromatic carbocycles. The number of nitrogens with two attached hydrogens (primary N) is 1. The van der Waals surface area contributed by atoms with Gasteiger partial charge in [0.25, 0.3) is 0 Å². The Labute approximate surface area is 108 Å². The molecule has 0 atom stereocenters. The molecule has 2 N–H and O–H groups in total. The van der Waals surface area contributed by atoms with Crippen LogP contribution in [0.1, 0.15) is 32.6 Å². The van der Waals surface area contributed by atoms with Crippen LogP contribution in [0.25, 0.3) is 0 Å². The Morgan fingerprint density at radius 2 is 2.06 bits per heavy atom. The van der Waals surface area contributed by atoms with Crippen molar-refractivity contribution >= 4 is 5.82 Å². The topological polar surface area (TPSA) is 64.3 Å². The minimum absolute atomic E-state index is 0.371. The maximum Gasteiger partial charge on any atom is 0.234 e. The summed E-state index contributed by atoms with van der Waals surface area (Å²) in [6.07, 6.45) is 7.87. The van der Waals surface area contributed by atoms with Crippen molar-refractivity contribution in [1.82, 2.24) is 9.97 Å². The molecule has 1 heterocycles. The molecule has 1 fully saturated rings. The van der Waals surface area contributed by atoms with Gasteiger partial charge in [-0.1, -0.05) is 0 Å². The van der Waals surface area contributed by atoms with Crippen molar-refractivity contribution in [2.75, 3.05) is 18.6 Å². The summed E-state index contributed by atoms with van der Waals surface area (Å²) in [5.74, 6) is 1.47. The SMILES string of the molecule is CCOc1cncc(N(C)C2CCC(N)CC2)n1. The summed E-state index contributed by atoms with van der Waals surface area (Å²) in [4.78, 5) is 10.8. The monoisotopic (exact) mass is 250 g/mol. The van der Waals surface area contributed by atoms with Crippen molar-refractivity contribution in [2.24, 2.45) is 5.73 Å². The molecule has 100 valence electrons. The molecule has 0 saturated heterocycles. The first-order chi connectivity index (χ1) is 8.70. The van der Waals surface area contributed by atoms with E-state index in [-0.39, 0.29) is 0 Å². The van der Waals surface area contributed by atoms with E-state index < -0.39 is 0 Å². The first-order valence-corrected chi connectivity index (χ1v) is 6.64. The Hall–Kier alpha value is -1.36. The lowest BCUT2D eigenvalue weighted by molar-refractivity contribution is 0.324. The van der Waals surface area contributed by atoms with Gasteiger partial charge in [0.1, 0.15) is 0 Å². The predicted molar refractivity (Wildman–Crippen MR) is 71.8 cm³/mol. The first kappa shape index (κ1) is 13.1. The molecule has 0 aliphatic heterocycles. The number of anilines is 1. The van der Waals surface area contributed by atoms with Crippen LogP contribution in [0.2, 0.25) is 0 Å². The molecule has 1 saturated carbocycles. The van der Waals surface area contributed by atoms with Gasteiger partial charge in [0.15, 0.2) is 5.82 Å². The van der Waals surface area contributed by atoms with Gasteiger partial charge in [-0.05, 0) is 32.6 Å². The van der Waals surface area contributed by atoms with E-state index in [9.17, 15) is 0 Å². The Morgan fingerprint density at radius 1 is 1.33 bits per heavy atom. The second kappa shape index (κ2) is 6.00. The maximum atomic E-state index is 5.93. The zero-order valence-corrected chi connectivity index (χ0v) is 11.2. The van der Waals surface area contributed by atoms with Crippen LogP contribution in [0, 0.1) is 0 Å². The zero-order chi connectivity index (χ0) is 13.0. The molecule has 0 unspecified atom stereocenters. The molecular weight excluding hydrogens is 228 g/mol. The summed E-state index contributed by atoms with van der Waals surface area (Å²) in [5.41, 5.74) is 5.93. The highest BCUT2D eigenvalue weighted by Crippen LogP contribution is 2.25. The molecule has 18 heavy (non-hydrogen) atoms. The quantitative estimate of drug-likeness (QED) is 0.879. The van der Waals surface area contributed by atoms with Crippen LogP contribution in [-0.4, -0.2) is 35.7 Å². The molecule has 0 amide bonds. The highest BCUT2D eigenvalue weighted by molar-refractivity contribution is 5.38. The second-order valence-corrected chi connectivity index (χ2v) is 4.83. The Morgan fingerprint density at radius 3 is 2.72 bits per heavy atom. The van der Waals surface area contributed by atoms with E-state index in [1.807, 2.05) is 6.92 Å². The van der Waals surface area contributed by atoms with Crippen molar-refractivity contribution < 1.29 is 4.74 Å². The van der Waals surface area contributed by atoms with Crippen LogP contribution >= 0.6 is 0 Å². The van der Waals surface area contributed by atoms with Crippen molar-refractivity contribution in [3.05, 3.63) is 12.4 Å². The van der Waals surface area contributed by atoms with Gasteiger partial charge in [0, 0.05) is 19.1 Å². The predicted octanol–water partition coefficient (Wildman–Crippen LogP) is 1.58. The maximum absolute atomic E-state index is 5.93. The van der Waals surface area contributed by atoms with E-state index in [0.29, 0.717) is 24.6 Å². The molecule has 2 rings (SSSR count). The van der Waals surface area contributed by atoms with Crippen molar-refractivity contribution in [1.29, 1.82) is 0 Å². The van der Waals surface area contributed by atoms with E-state index >= 15 is 0 Å². The molecule has 0 bridgehead atoms. The highest BCUT2D eigenvalue weighted by Gasteiger charge is 2.23. The lowest BCUT2D eigenvalue weighted by atomic mass is 9.91. The Bertz CT molecular complexity index is 377. The highest BCUT2D eigenvalue weighted by atomic mass is 16.5. The van der Waals surface area contributed by atoms with Gasteiger partial charge in [0.05, 0.1) is 19.0 Å². The molecular formula is C13H22N4O. The second-order valence-electron chi connectivity index (χ2n) is 4.83. The number of aromatic nitrogens is 2. The Kier molecular flexibility index (Phi) is 4.36. The fourth-order valence-corrected chi connectivity index (χ4v) is 2.40. The fraction of sp³-hybridized carbons (Fsp3) is 0.692. The summed E-state index contributed by atoms with van der Waals surface area (Å²) < 4.78 is 5.38. The van der Waals surface area contributed by atoms with Crippen LogP contribution < -0.4 is 15.4 Å². The third-order valence-electron chi connectivity index (χ3n) is 3.54. The molecule has 5 nitrogen and oxygen atoms in total. The van der Waals surface area contributed by atoms with Gasteiger partial charge >= 0.3 is 0 Å². The molecule has 1 aliphatic carbocycles. The summed E-state index contributed by atoms with van der Waals surface area (Å²) in [7, 11) is 2.07. The Balaban J connectivity index is 2.03. The standard InChI is InChI=1S/C13H22N4O/c1-3-18-13-9-15-8-12(16-13)17(2)11-6-4-10(14)5-7-11/h8-11H,3-7,14H2,1-2H3. The summed E-state index contributed by atoms with van der Waals surface area (Å²) >= 11 is 0. The van der Waals surface area contributed by atoms with Crippen LogP contribution in [0.4, 0.5) is 5.82 Å². The minimum Gasteiger partial charge on any atom is -0.477 e. The molecule has 0 radical (unpaired) electrons. The van der Waals surface area contributed by atoms with Gasteiger partial charge in [-0.15, -0.1) is 0 Å². The number of hydrogen-bond donors (Lipinski definition) is 1. The summed E-state index contributed by atoms with van der Waals surface area (Å²) in [6, 6.07) is 0.881. The summed E-state index contributed by atoms with van der Waals surface area (Å²) in [5, 5.41) is 0. The third kappa shape index (κ3) is 3.10. The van der Waals surface area contributed by atoms with Crippen LogP contribution in [0.5, 0.6) is 5.88 Å². The lowest BCUT2D eigenvalue weighted by Crippen LogP contribution is -2.39. The van der Waals surface area contributed by atoms with Crippen molar-refractivity contribution in [3.63, 3.8) is 0 Å². The van der Waals surface area contributed by atoms with E-state index in [4.69, 9.17) is 10.5 Å². The van der Waals surface area contributed by atoms with Crippen molar-refractivity contribution in [3.8, 4) is 5.88 Å². The zero-order valence-electron chi connectivity index (χ0n) is 11.2. The van der Waals surface area contributed by atoms with E-state index in [1.165, 1.54) is 0 Å². The van der Waals surface area contributed by atoms with E-state index in [2.05, 4.69) is 21.9 Å². The number of nitrogens with zero attached hydrogens (tertiary/aromatic N) is 3. The van der Waals surface area contributed by atoms with Gasteiger partial charge in [-0.25, -0.2) is 0 Å². The number of ether oxygens (including phenoxy) is 1. The molecule has 5 heteroatoms. The van der Waals surface area contributed by atoms with Gasteiger partial charge in [-0.2, -0.15) is 4.98 Å². The van der Waals surface area contributed by atoms with Crippen molar-refractivity contribution in [2.45, 2.75) is 44.7 Å². The third-order valence-corrected chi connectivity index (χ3v) is 3.54. The van der Waals surface area contributed by atoms with E-state index in [0.717, 1.165) is 31.5 Å². The fourth-order valence-electron chi connectivity index (χ4n) is 2.40. The molecule has 1 aromatic rings. The normalized spacial score (nSPS) is 23.7. The van der Waals surface area contributed by atoms with Gasteiger partial charge in [0.2, 0.25) is 5.88 Å². The van der Waals surface area contributed by atoms with Gasteiger partial charge in [-0.3, -0.25) is 4.98 Å². The van der Waals surface area contributed by atoms with Crippen LogP contribution in [0.3, 0.4) is 0 Å². The minimum atomic E-state index is 0.371. The van der Waals surface area contributed by atoms with E-state index in [1.54, 1.807) is 12.4 Å². The molecule has 1 aliphatic rings. The largest absolute Gasteiger partial charge is 0.477 e. The average Bonchev–Trinajstić information content (AvgIpc) is 2.39. The number of rotatable bonds is 4. The average molecular weight is 250 g/mol. The molecule has 0 spiro atoms. The molecule has 1 aromatic heterocycles. The number of hydrogen-bond acceptors (Lipinski definition) is 5.